The van der Waals surface area contributed by atoms with Crippen molar-refractivity contribution < 1.29 is 4.79 Å². The van der Waals surface area contributed by atoms with Gasteiger partial charge in [0.05, 0.1) is 12.4 Å². The molecule has 0 saturated heterocycles. The monoisotopic (exact) mass is 255 g/mol. The first-order valence-corrected chi connectivity index (χ1v) is 6.87. The quantitative estimate of drug-likeness (QED) is 0.390. The summed E-state index contributed by atoms with van der Waals surface area (Å²) in [6.07, 6.45) is 2.08. The van der Waals surface area contributed by atoms with Crippen LogP contribution >= 0.6 is 0 Å². The number of nitrogens with zero attached hydrogens (tertiary/aromatic N) is 2. The molecule has 0 bridgehead atoms. The molecule has 0 atom stereocenters. The van der Waals surface area contributed by atoms with Gasteiger partial charge in [0.15, 0.2) is 0 Å². The number of hydrogen-bond donors (Lipinski definition) is 1. The van der Waals surface area contributed by atoms with E-state index < -0.39 is 0 Å². The molecule has 106 valence electrons. The second-order valence-corrected chi connectivity index (χ2v) is 5.42. The van der Waals surface area contributed by atoms with Gasteiger partial charge in [-0.05, 0) is 40.2 Å². The van der Waals surface area contributed by atoms with Crippen LogP contribution in [0.25, 0.3) is 0 Å². The van der Waals surface area contributed by atoms with E-state index in [1.165, 1.54) is 0 Å². The second-order valence-electron chi connectivity index (χ2n) is 5.42. The minimum atomic E-state index is 0.121. The molecule has 0 rings (SSSR count). The highest BCUT2D eigenvalue weighted by Gasteiger charge is 2.15. The Hall–Kier alpha value is -0.900. The van der Waals surface area contributed by atoms with Crippen LogP contribution < -0.4 is 5.73 Å². The summed E-state index contributed by atoms with van der Waals surface area (Å²) in [5, 5.41) is 0. The maximum absolute atomic E-state index is 11.8. The summed E-state index contributed by atoms with van der Waals surface area (Å²) >= 11 is 0. The number of carbonyl (C=O) groups excluding carboxylic acids is 1. The number of nitrogens with two attached hydrogens (primary N) is 1. The van der Waals surface area contributed by atoms with Gasteiger partial charge in [-0.2, -0.15) is 0 Å². The molecule has 0 radical (unpaired) electrons. The summed E-state index contributed by atoms with van der Waals surface area (Å²) in [6.45, 7) is 12.3. The number of amidine groups is 1. The molecule has 0 aromatic heterocycles. The SMILES string of the molecule is CC(N)=NCCCCN(CC(=O)C(C)C)C(C)C. The molecule has 0 aliphatic heterocycles. The zero-order chi connectivity index (χ0) is 14.1. The van der Waals surface area contributed by atoms with Crippen molar-refractivity contribution >= 4 is 11.6 Å². The third kappa shape index (κ3) is 8.23. The first-order valence-electron chi connectivity index (χ1n) is 6.87. The fraction of sp³-hybridized carbons (Fsp3) is 0.857. The average Bonchev–Trinajstić information content (AvgIpc) is 2.25. The van der Waals surface area contributed by atoms with Crippen molar-refractivity contribution in [1.82, 2.24) is 4.90 Å². The minimum Gasteiger partial charge on any atom is -0.388 e. The highest BCUT2D eigenvalue weighted by atomic mass is 16.1. The summed E-state index contributed by atoms with van der Waals surface area (Å²) in [5.74, 6) is 1.08. The van der Waals surface area contributed by atoms with Crippen LogP contribution in [0.4, 0.5) is 0 Å². The maximum Gasteiger partial charge on any atom is 0.149 e. The van der Waals surface area contributed by atoms with Crippen LogP contribution in [0, 0.1) is 5.92 Å². The predicted molar refractivity (Wildman–Crippen MR) is 78.0 cm³/mol. The van der Waals surface area contributed by atoms with Crippen LogP contribution in [0.1, 0.15) is 47.5 Å². The molecule has 4 heteroatoms. The van der Waals surface area contributed by atoms with E-state index in [2.05, 4.69) is 23.7 Å². The van der Waals surface area contributed by atoms with Gasteiger partial charge in [0.25, 0.3) is 0 Å². The summed E-state index contributed by atoms with van der Waals surface area (Å²) in [7, 11) is 0. The number of aliphatic imine (C=N–C) groups is 1. The normalized spacial score (nSPS) is 12.8. The Kier molecular flexibility index (Phi) is 8.63. The summed E-state index contributed by atoms with van der Waals surface area (Å²) in [6, 6.07) is 0.410. The largest absolute Gasteiger partial charge is 0.388 e. The first-order chi connectivity index (χ1) is 8.34. The van der Waals surface area contributed by atoms with E-state index in [4.69, 9.17) is 5.73 Å². The van der Waals surface area contributed by atoms with Crippen molar-refractivity contribution in [3.63, 3.8) is 0 Å². The van der Waals surface area contributed by atoms with Crippen LogP contribution in [0.3, 0.4) is 0 Å². The van der Waals surface area contributed by atoms with Gasteiger partial charge in [-0.3, -0.25) is 14.7 Å². The molecule has 0 spiro atoms. The fourth-order valence-electron chi connectivity index (χ4n) is 1.58. The van der Waals surface area contributed by atoms with Crippen LogP contribution in [-0.4, -0.2) is 42.2 Å². The maximum atomic E-state index is 11.8. The molecule has 0 aliphatic carbocycles. The van der Waals surface area contributed by atoms with Crippen LogP contribution in [-0.2, 0) is 4.79 Å². The third-order valence-electron chi connectivity index (χ3n) is 2.95. The Morgan fingerprint density at radius 3 is 2.28 bits per heavy atom. The van der Waals surface area contributed by atoms with Gasteiger partial charge in [0.1, 0.15) is 5.78 Å². The standard InChI is InChI=1S/C14H29N3O/c1-11(2)14(18)10-17(12(3)4)9-7-6-8-16-13(5)15/h11-12H,6-10H2,1-5H3,(H2,15,16). The molecule has 18 heavy (non-hydrogen) atoms. The fourth-order valence-corrected chi connectivity index (χ4v) is 1.58. The Morgan fingerprint density at radius 2 is 1.83 bits per heavy atom. The lowest BCUT2D eigenvalue weighted by molar-refractivity contribution is -0.123. The van der Waals surface area contributed by atoms with E-state index in [0.717, 1.165) is 25.9 Å². The molecule has 4 nitrogen and oxygen atoms in total. The van der Waals surface area contributed by atoms with Gasteiger partial charge >= 0.3 is 0 Å². The predicted octanol–water partition coefficient (Wildman–Crippen LogP) is 2.08. The Labute approximate surface area is 112 Å². The first kappa shape index (κ1) is 17.1. The molecule has 0 aromatic carbocycles. The minimum absolute atomic E-state index is 0.121. The molecular weight excluding hydrogens is 226 g/mol. The molecule has 0 heterocycles. The highest BCUT2D eigenvalue weighted by Crippen LogP contribution is 2.05. The van der Waals surface area contributed by atoms with Crippen LogP contribution in [0.15, 0.2) is 4.99 Å². The Morgan fingerprint density at radius 1 is 1.22 bits per heavy atom. The van der Waals surface area contributed by atoms with Crippen molar-refractivity contribution in [2.24, 2.45) is 16.6 Å². The number of hydrogen-bond acceptors (Lipinski definition) is 3. The van der Waals surface area contributed by atoms with Gasteiger partial charge in [-0.25, -0.2) is 0 Å². The average molecular weight is 255 g/mol. The van der Waals surface area contributed by atoms with Crippen molar-refractivity contribution in [2.75, 3.05) is 19.6 Å². The third-order valence-corrected chi connectivity index (χ3v) is 2.95. The molecule has 0 aromatic rings. The molecule has 0 saturated carbocycles. The van der Waals surface area contributed by atoms with Gasteiger partial charge in [-0.15, -0.1) is 0 Å². The second kappa shape index (κ2) is 9.09. The molecule has 0 unspecified atom stereocenters. The van der Waals surface area contributed by atoms with Gasteiger partial charge in [0.2, 0.25) is 0 Å². The van der Waals surface area contributed by atoms with E-state index in [9.17, 15) is 4.79 Å². The van der Waals surface area contributed by atoms with E-state index >= 15 is 0 Å². The summed E-state index contributed by atoms with van der Waals surface area (Å²) in [5.41, 5.74) is 5.48. The van der Waals surface area contributed by atoms with Gasteiger partial charge in [0, 0.05) is 18.5 Å². The number of Topliss-reactive ketones (excluding diaryl/α,β-unsaturated/α-hetero) is 1. The Bertz CT molecular complexity index is 268. The summed E-state index contributed by atoms with van der Waals surface area (Å²) in [4.78, 5) is 18.2. The lowest BCUT2D eigenvalue weighted by atomic mass is 10.1. The van der Waals surface area contributed by atoms with Crippen molar-refractivity contribution in [2.45, 2.75) is 53.5 Å². The van der Waals surface area contributed by atoms with Crippen molar-refractivity contribution in [3.8, 4) is 0 Å². The van der Waals surface area contributed by atoms with E-state index in [1.807, 2.05) is 20.8 Å². The topological polar surface area (TPSA) is 58.7 Å². The molecule has 2 N–H and O–H groups in total. The molecule has 0 amide bonds. The summed E-state index contributed by atoms with van der Waals surface area (Å²) < 4.78 is 0. The van der Waals surface area contributed by atoms with Gasteiger partial charge in [-0.1, -0.05) is 13.8 Å². The number of carbonyl (C=O) groups is 1. The van der Waals surface area contributed by atoms with Crippen molar-refractivity contribution in [3.05, 3.63) is 0 Å². The number of ketones is 1. The Balaban J connectivity index is 3.98. The van der Waals surface area contributed by atoms with E-state index in [-0.39, 0.29) is 5.92 Å². The number of unbranched alkanes of at least 4 members (excludes halogenated alkanes) is 1. The van der Waals surface area contributed by atoms with Gasteiger partial charge < -0.3 is 5.73 Å². The smallest absolute Gasteiger partial charge is 0.149 e. The lowest BCUT2D eigenvalue weighted by Gasteiger charge is -2.26. The molecular formula is C14H29N3O. The molecule has 0 aliphatic rings. The zero-order valence-electron chi connectivity index (χ0n) is 12.6. The van der Waals surface area contributed by atoms with E-state index in [0.29, 0.717) is 24.2 Å². The highest BCUT2D eigenvalue weighted by molar-refractivity contribution is 5.82. The van der Waals surface area contributed by atoms with Crippen LogP contribution in [0.5, 0.6) is 0 Å². The lowest BCUT2D eigenvalue weighted by Crippen LogP contribution is -2.37. The molecule has 0 fully saturated rings. The van der Waals surface area contributed by atoms with E-state index in [1.54, 1.807) is 0 Å². The van der Waals surface area contributed by atoms with Crippen molar-refractivity contribution in [1.29, 1.82) is 0 Å². The van der Waals surface area contributed by atoms with Crippen LogP contribution in [0.2, 0.25) is 0 Å². The zero-order valence-corrected chi connectivity index (χ0v) is 12.6. The number of rotatable bonds is 9.